The van der Waals surface area contributed by atoms with Crippen molar-refractivity contribution < 1.29 is 33.4 Å². The van der Waals surface area contributed by atoms with E-state index in [4.69, 9.17) is 26.8 Å². The number of hydrogen-bond acceptors (Lipinski definition) is 7. The van der Waals surface area contributed by atoms with Crippen LogP contribution in [0.5, 0.6) is 11.5 Å². The molecule has 2 aliphatic heterocycles. The van der Waals surface area contributed by atoms with Crippen LogP contribution in [0.4, 0.5) is 9.18 Å². The van der Waals surface area contributed by atoms with Gasteiger partial charge in [-0.2, -0.15) is 0 Å². The minimum Gasteiger partial charge on any atom is -0.480 e. The first-order valence-electron chi connectivity index (χ1n) is 10.1. The molecule has 2 aliphatic rings. The first-order chi connectivity index (χ1) is 16.2. The lowest BCUT2D eigenvalue weighted by molar-refractivity contribution is -0.140. The fourth-order valence-electron chi connectivity index (χ4n) is 3.43. The molecule has 11 heteroatoms. The number of thiocarbonyl (C=S) groups is 1. The van der Waals surface area contributed by atoms with Crippen LogP contribution in [0.25, 0.3) is 6.08 Å². The second-order valence-electron chi connectivity index (χ2n) is 7.64. The Hall–Kier alpha value is -3.44. The Morgan fingerprint density at radius 2 is 2.03 bits per heavy atom. The van der Waals surface area contributed by atoms with Crippen LogP contribution in [0.15, 0.2) is 47.4 Å². The molecule has 1 unspecified atom stereocenters. The molecule has 0 spiro atoms. The van der Waals surface area contributed by atoms with E-state index in [0.29, 0.717) is 24.3 Å². The van der Waals surface area contributed by atoms with Crippen LogP contribution < -0.4 is 4.74 Å². The SMILES string of the molecule is CN1C(=O)OCC1Cc1ccc(Oc2ccc(/C=C3/SC(=S)N(CC(=O)O)C3=O)cc2F)cc1. The highest BCUT2D eigenvalue weighted by molar-refractivity contribution is 8.26. The van der Waals surface area contributed by atoms with E-state index < -0.39 is 24.2 Å². The van der Waals surface area contributed by atoms with Crippen molar-refractivity contribution in [2.24, 2.45) is 0 Å². The summed E-state index contributed by atoms with van der Waals surface area (Å²) in [5, 5.41) is 8.91. The van der Waals surface area contributed by atoms with E-state index in [1.807, 2.05) is 12.1 Å². The molecule has 2 aromatic carbocycles. The molecule has 2 saturated heterocycles. The number of carbonyl (C=O) groups is 3. The van der Waals surface area contributed by atoms with E-state index in [1.165, 1.54) is 18.2 Å². The number of rotatable bonds is 7. The Balaban J connectivity index is 1.41. The minimum absolute atomic E-state index is 0.0119. The molecule has 2 fully saturated rings. The summed E-state index contributed by atoms with van der Waals surface area (Å²) in [6.07, 6.45) is 1.75. The zero-order valence-electron chi connectivity index (χ0n) is 17.9. The lowest BCUT2D eigenvalue weighted by Crippen LogP contribution is -2.33. The third-order valence-electron chi connectivity index (χ3n) is 5.28. The van der Waals surface area contributed by atoms with Crippen LogP contribution in [0.3, 0.4) is 0 Å². The lowest BCUT2D eigenvalue weighted by atomic mass is 10.1. The molecule has 4 rings (SSSR count). The van der Waals surface area contributed by atoms with Gasteiger partial charge in [0.15, 0.2) is 11.6 Å². The zero-order valence-corrected chi connectivity index (χ0v) is 19.5. The van der Waals surface area contributed by atoms with Gasteiger partial charge in [0.2, 0.25) is 0 Å². The summed E-state index contributed by atoms with van der Waals surface area (Å²) >= 11 is 6.02. The fourth-order valence-corrected chi connectivity index (χ4v) is 4.69. The topological polar surface area (TPSA) is 96.4 Å². The van der Waals surface area contributed by atoms with Gasteiger partial charge in [0, 0.05) is 7.05 Å². The summed E-state index contributed by atoms with van der Waals surface area (Å²) in [5.41, 5.74) is 1.40. The second-order valence-corrected chi connectivity index (χ2v) is 9.32. The van der Waals surface area contributed by atoms with E-state index in [2.05, 4.69) is 0 Å². The number of carboxylic acids is 1. The van der Waals surface area contributed by atoms with Crippen molar-refractivity contribution in [3.63, 3.8) is 0 Å². The normalized spacial score (nSPS) is 19.2. The van der Waals surface area contributed by atoms with E-state index in [9.17, 15) is 18.8 Å². The van der Waals surface area contributed by atoms with Gasteiger partial charge in [-0.05, 0) is 47.9 Å². The number of cyclic esters (lactones) is 1. The van der Waals surface area contributed by atoms with Crippen LogP contribution in [-0.2, 0) is 20.7 Å². The van der Waals surface area contributed by atoms with Gasteiger partial charge in [0.1, 0.15) is 23.2 Å². The highest BCUT2D eigenvalue weighted by atomic mass is 32.2. The molecule has 0 saturated carbocycles. The first kappa shape index (κ1) is 23.7. The number of aliphatic carboxylic acids is 1. The summed E-state index contributed by atoms with van der Waals surface area (Å²) in [6, 6.07) is 11.3. The third kappa shape index (κ3) is 5.20. The maximum Gasteiger partial charge on any atom is 0.409 e. The van der Waals surface area contributed by atoms with Crippen LogP contribution >= 0.6 is 24.0 Å². The lowest BCUT2D eigenvalue weighted by Gasteiger charge is -2.16. The number of ether oxygens (including phenoxy) is 2. The summed E-state index contributed by atoms with van der Waals surface area (Å²) in [7, 11) is 1.70. The van der Waals surface area contributed by atoms with Gasteiger partial charge in [-0.25, -0.2) is 9.18 Å². The number of nitrogens with zero attached hydrogens (tertiary/aromatic N) is 2. The summed E-state index contributed by atoms with van der Waals surface area (Å²) in [5.74, 6) is -1.87. The van der Waals surface area contributed by atoms with Gasteiger partial charge in [0.25, 0.3) is 5.91 Å². The van der Waals surface area contributed by atoms with E-state index >= 15 is 0 Å². The molecule has 1 N–H and O–H groups in total. The Labute approximate surface area is 203 Å². The zero-order chi connectivity index (χ0) is 24.4. The number of likely N-dealkylation sites (N-methyl/N-ethyl adjacent to an activating group) is 1. The number of benzene rings is 2. The molecule has 8 nitrogen and oxygen atoms in total. The molecule has 1 atom stereocenters. The van der Waals surface area contributed by atoms with Crippen LogP contribution in [0.2, 0.25) is 0 Å². The Morgan fingerprint density at radius 1 is 1.29 bits per heavy atom. The van der Waals surface area contributed by atoms with Crippen molar-refractivity contribution in [2.75, 3.05) is 20.2 Å². The predicted molar refractivity (Wildman–Crippen MR) is 127 cm³/mol. The van der Waals surface area contributed by atoms with Gasteiger partial charge in [-0.15, -0.1) is 0 Å². The van der Waals surface area contributed by atoms with Crippen LogP contribution in [-0.4, -0.2) is 63.4 Å². The van der Waals surface area contributed by atoms with Gasteiger partial charge in [-0.1, -0.05) is 42.2 Å². The van der Waals surface area contributed by atoms with E-state index in [-0.39, 0.29) is 27.1 Å². The number of hydrogen-bond donors (Lipinski definition) is 1. The molecule has 2 amide bonds. The second kappa shape index (κ2) is 9.82. The summed E-state index contributed by atoms with van der Waals surface area (Å²) in [6.45, 7) is -0.181. The standard InChI is InChI=1S/C23H19FN2O6S2/c1-25-15(12-31-22(25)30)8-13-2-5-16(6-3-13)32-18-7-4-14(9-17(18)24)10-19-21(29)26(11-20(27)28)23(33)34-19/h2-7,9-10,15H,8,11-12H2,1H3,(H,27,28)/b19-10+. The monoisotopic (exact) mass is 502 g/mol. The smallest absolute Gasteiger partial charge is 0.409 e. The van der Waals surface area contributed by atoms with Crippen molar-refractivity contribution >= 4 is 52.3 Å². The molecule has 0 radical (unpaired) electrons. The quantitative estimate of drug-likeness (QED) is 0.450. The third-order valence-corrected chi connectivity index (χ3v) is 6.66. The van der Waals surface area contributed by atoms with Crippen molar-refractivity contribution in [1.29, 1.82) is 0 Å². The molecule has 176 valence electrons. The number of halogens is 1. The van der Waals surface area contributed by atoms with Gasteiger partial charge < -0.3 is 19.5 Å². The largest absolute Gasteiger partial charge is 0.480 e. The molecule has 0 aliphatic carbocycles. The van der Waals surface area contributed by atoms with Crippen LogP contribution in [0, 0.1) is 5.82 Å². The average molecular weight is 503 g/mol. The number of carbonyl (C=O) groups excluding carboxylic acids is 2. The van der Waals surface area contributed by atoms with Crippen molar-refractivity contribution in [3.8, 4) is 11.5 Å². The minimum atomic E-state index is -1.17. The molecular weight excluding hydrogens is 483 g/mol. The maximum atomic E-state index is 14.7. The number of carboxylic acid groups (broad SMARTS) is 1. The Bertz CT molecular complexity index is 1200. The molecule has 2 aromatic rings. The maximum absolute atomic E-state index is 14.7. The molecule has 0 bridgehead atoms. The molecule has 0 aromatic heterocycles. The van der Waals surface area contributed by atoms with Gasteiger partial charge in [0.05, 0.1) is 10.9 Å². The van der Waals surface area contributed by atoms with E-state index in [0.717, 1.165) is 22.2 Å². The van der Waals surface area contributed by atoms with E-state index in [1.54, 1.807) is 30.1 Å². The van der Waals surface area contributed by atoms with Gasteiger partial charge in [-0.3, -0.25) is 14.5 Å². The fraction of sp³-hybridized carbons (Fsp3) is 0.217. The summed E-state index contributed by atoms with van der Waals surface area (Å²) < 4.78 is 25.4. The molecular formula is C23H19FN2O6S2. The first-order valence-corrected chi connectivity index (χ1v) is 11.4. The number of thioether (sulfide) groups is 1. The molecule has 2 heterocycles. The van der Waals surface area contributed by atoms with Gasteiger partial charge >= 0.3 is 12.1 Å². The van der Waals surface area contributed by atoms with Crippen molar-refractivity contribution in [2.45, 2.75) is 12.5 Å². The Kier molecular flexibility index (Phi) is 6.85. The molecule has 34 heavy (non-hydrogen) atoms. The van der Waals surface area contributed by atoms with Crippen molar-refractivity contribution in [3.05, 3.63) is 64.3 Å². The van der Waals surface area contributed by atoms with Crippen molar-refractivity contribution in [1.82, 2.24) is 9.80 Å². The summed E-state index contributed by atoms with van der Waals surface area (Å²) in [4.78, 5) is 37.5. The van der Waals surface area contributed by atoms with Crippen LogP contribution in [0.1, 0.15) is 11.1 Å². The number of amides is 2. The highest BCUT2D eigenvalue weighted by Crippen LogP contribution is 2.33. The Morgan fingerprint density at radius 3 is 2.65 bits per heavy atom. The average Bonchev–Trinajstić information content (AvgIpc) is 3.24. The predicted octanol–water partition coefficient (Wildman–Crippen LogP) is 3.90. The highest BCUT2D eigenvalue weighted by Gasteiger charge is 2.33.